The molecule has 0 fully saturated rings. The number of aryl methyl sites for hydroxylation is 1. The SMILES string of the molecule is CCc1c(C)cccc1C(N)C(=O)O. The Bertz CT molecular complexity index is 347. The van der Waals surface area contributed by atoms with Gasteiger partial charge in [-0.1, -0.05) is 25.1 Å². The summed E-state index contributed by atoms with van der Waals surface area (Å²) in [6.07, 6.45) is 0.809. The predicted octanol–water partition coefficient (Wildman–Crippen LogP) is 1.64. The fraction of sp³-hybridized carbons (Fsp3) is 0.364. The molecule has 1 aromatic carbocycles. The van der Waals surface area contributed by atoms with E-state index in [0.29, 0.717) is 0 Å². The Morgan fingerprint density at radius 1 is 1.57 bits per heavy atom. The lowest BCUT2D eigenvalue weighted by molar-refractivity contribution is -0.138. The van der Waals surface area contributed by atoms with Crippen molar-refractivity contribution in [2.45, 2.75) is 26.3 Å². The van der Waals surface area contributed by atoms with Gasteiger partial charge in [-0.25, -0.2) is 0 Å². The normalized spacial score (nSPS) is 12.5. The van der Waals surface area contributed by atoms with E-state index in [9.17, 15) is 4.79 Å². The van der Waals surface area contributed by atoms with E-state index in [-0.39, 0.29) is 0 Å². The van der Waals surface area contributed by atoms with Crippen molar-refractivity contribution < 1.29 is 9.90 Å². The highest BCUT2D eigenvalue weighted by molar-refractivity contribution is 5.76. The third-order valence-electron chi connectivity index (χ3n) is 2.40. The van der Waals surface area contributed by atoms with E-state index in [0.717, 1.165) is 23.1 Å². The number of carboxylic acids is 1. The Morgan fingerprint density at radius 2 is 2.21 bits per heavy atom. The van der Waals surface area contributed by atoms with Crippen molar-refractivity contribution in [3.05, 3.63) is 34.9 Å². The third kappa shape index (κ3) is 1.93. The minimum atomic E-state index is -0.981. The van der Waals surface area contributed by atoms with Crippen LogP contribution in [0.25, 0.3) is 0 Å². The Hall–Kier alpha value is -1.35. The molecule has 14 heavy (non-hydrogen) atoms. The van der Waals surface area contributed by atoms with Crippen LogP contribution in [0.5, 0.6) is 0 Å². The molecule has 0 saturated heterocycles. The van der Waals surface area contributed by atoms with Gasteiger partial charge in [0, 0.05) is 0 Å². The van der Waals surface area contributed by atoms with Gasteiger partial charge in [-0.15, -0.1) is 0 Å². The molecule has 1 rings (SSSR count). The van der Waals surface area contributed by atoms with Crippen LogP contribution in [-0.4, -0.2) is 11.1 Å². The minimum absolute atomic E-state index is 0.722. The lowest BCUT2D eigenvalue weighted by atomic mass is 9.95. The average molecular weight is 193 g/mol. The first kappa shape index (κ1) is 10.7. The van der Waals surface area contributed by atoms with E-state index in [2.05, 4.69) is 0 Å². The molecule has 0 aromatic heterocycles. The van der Waals surface area contributed by atoms with Crippen LogP contribution in [0.1, 0.15) is 29.7 Å². The molecule has 0 bridgehead atoms. The van der Waals surface area contributed by atoms with Crippen LogP contribution >= 0.6 is 0 Å². The largest absolute Gasteiger partial charge is 0.480 e. The van der Waals surface area contributed by atoms with Crippen LogP contribution in [0.3, 0.4) is 0 Å². The molecule has 1 unspecified atom stereocenters. The Morgan fingerprint density at radius 3 is 2.71 bits per heavy atom. The minimum Gasteiger partial charge on any atom is -0.480 e. The Labute approximate surface area is 83.6 Å². The molecule has 76 valence electrons. The molecule has 0 aliphatic rings. The first-order valence-electron chi connectivity index (χ1n) is 4.64. The monoisotopic (exact) mass is 193 g/mol. The van der Waals surface area contributed by atoms with Gasteiger partial charge in [0.25, 0.3) is 0 Å². The fourth-order valence-electron chi connectivity index (χ4n) is 1.63. The van der Waals surface area contributed by atoms with Gasteiger partial charge in [0.2, 0.25) is 0 Å². The predicted molar refractivity (Wildman–Crippen MR) is 55.1 cm³/mol. The summed E-state index contributed by atoms with van der Waals surface area (Å²) in [7, 11) is 0. The summed E-state index contributed by atoms with van der Waals surface area (Å²) in [5.74, 6) is -0.981. The first-order valence-corrected chi connectivity index (χ1v) is 4.64. The molecule has 0 saturated carbocycles. The van der Waals surface area contributed by atoms with Gasteiger partial charge in [-0.3, -0.25) is 4.79 Å². The second kappa shape index (κ2) is 4.24. The topological polar surface area (TPSA) is 63.3 Å². The summed E-state index contributed by atoms with van der Waals surface area (Å²) in [5.41, 5.74) is 8.45. The molecular weight excluding hydrogens is 178 g/mol. The van der Waals surface area contributed by atoms with E-state index >= 15 is 0 Å². The van der Waals surface area contributed by atoms with Crippen LogP contribution in [0.2, 0.25) is 0 Å². The number of benzene rings is 1. The number of hydrogen-bond donors (Lipinski definition) is 2. The van der Waals surface area contributed by atoms with Crippen molar-refractivity contribution in [3.8, 4) is 0 Å². The maximum Gasteiger partial charge on any atom is 0.325 e. The average Bonchev–Trinajstić information content (AvgIpc) is 2.16. The molecule has 0 radical (unpaired) electrons. The zero-order valence-electron chi connectivity index (χ0n) is 8.45. The van der Waals surface area contributed by atoms with E-state index in [4.69, 9.17) is 10.8 Å². The zero-order valence-corrected chi connectivity index (χ0v) is 8.45. The zero-order chi connectivity index (χ0) is 10.7. The number of nitrogens with two attached hydrogens (primary N) is 1. The molecule has 0 aliphatic heterocycles. The van der Waals surface area contributed by atoms with Gasteiger partial charge in [-0.05, 0) is 30.0 Å². The number of rotatable bonds is 3. The molecule has 3 N–H and O–H groups in total. The van der Waals surface area contributed by atoms with Crippen LogP contribution in [0.4, 0.5) is 0 Å². The standard InChI is InChI=1S/C11H15NO2/c1-3-8-7(2)5-4-6-9(8)10(12)11(13)14/h4-6,10H,3,12H2,1-2H3,(H,13,14). The smallest absolute Gasteiger partial charge is 0.325 e. The summed E-state index contributed by atoms with van der Waals surface area (Å²) in [5, 5.41) is 8.82. The highest BCUT2D eigenvalue weighted by Gasteiger charge is 2.17. The first-order chi connectivity index (χ1) is 6.57. The third-order valence-corrected chi connectivity index (χ3v) is 2.40. The maximum atomic E-state index is 10.8. The quantitative estimate of drug-likeness (QED) is 0.767. The Kier molecular flexibility index (Phi) is 3.25. The molecule has 0 spiro atoms. The van der Waals surface area contributed by atoms with Crippen LogP contribution in [0, 0.1) is 6.92 Å². The van der Waals surface area contributed by atoms with E-state index in [1.165, 1.54) is 0 Å². The molecule has 3 heteroatoms. The van der Waals surface area contributed by atoms with Crippen LogP contribution < -0.4 is 5.73 Å². The molecular formula is C11H15NO2. The van der Waals surface area contributed by atoms with Gasteiger partial charge in [-0.2, -0.15) is 0 Å². The van der Waals surface area contributed by atoms with Crippen molar-refractivity contribution in [1.82, 2.24) is 0 Å². The summed E-state index contributed by atoms with van der Waals surface area (Å²) in [6, 6.07) is 4.68. The second-order valence-corrected chi connectivity index (χ2v) is 3.31. The summed E-state index contributed by atoms with van der Waals surface area (Å²) in [4.78, 5) is 10.8. The van der Waals surface area contributed by atoms with E-state index in [1.807, 2.05) is 26.0 Å². The summed E-state index contributed by atoms with van der Waals surface area (Å²) in [6.45, 7) is 3.97. The summed E-state index contributed by atoms with van der Waals surface area (Å²) >= 11 is 0. The second-order valence-electron chi connectivity index (χ2n) is 3.31. The van der Waals surface area contributed by atoms with Crippen LogP contribution in [0.15, 0.2) is 18.2 Å². The van der Waals surface area contributed by atoms with Gasteiger partial charge in [0.15, 0.2) is 0 Å². The number of hydrogen-bond acceptors (Lipinski definition) is 2. The lowest BCUT2D eigenvalue weighted by Crippen LogP contribution is -2.22. The molecule has 0 heterocycles. The van der Waals surface area contributed by atoms with Crippen molar-refractivity contribution in [1.29, 1.82) is 0 Å². The van der Waals surface area contributed by atoms with Crippen molar-refractivity contribution >= 4 is 5.97 Å². The van der Waals surface area contributed by atoms with Gasteiger partial charge in [0.1, 0.15) is 6.04 Å². The highest BCUT2D eigenvalue weighted by atomic mass is 16.4. The van der Waals surface area contributed by atoms with Gasteiger partial charge >= 0.3 is 5.97 Å². The molecule has 1 atom stereocenters. The lowest BCUT2D eigenvalue weighted by Gasteiger charge is -2.13. The van der Waals surface area contributed by atoms with Crippen molar-refractivity contribution in [2.75, 3.05) is 0 Å². The van der Waals surface area contributed by atoms with Gasteiger partial charge < -0.3 is 10.8 Å². The number of aliphatic carboxylic acids is 1. The van der Waals surface area contributed by atoms with Gasteiger partial charge in [0.05, 0.1) is 0 Å². The van der Waals surface area contributed by atoms with E-state index < -0.39 is 12.0 Å². The molecule has 0 amide bonds. The Balaban J connectivity index is 3.20. The van der Waals surface area contributed by atoms with Crippen molar-refractivity contribution in [2.24, 2.45) is 5.73 Å². The van der Waals surface area contributed by atoms with E-state index in [1.54, 1.807) is 6.07 Å². The molecule has 1 aromatic rings. The van der Waals surface area contributed by atoms with Crippen molar-refractivity contribution in [3.63, 3.8) is 0 Å². The number of carbonyl (C=O) groups is 1. The molecule has 0 aliphatic carbocycles. The molecule has 3 nitrogen and oxygen atoms in total. The van der Waals surface area contributed by atoms with Crippen LogP contribution in [-0.2, 0) is 11.2 Å². The maximum absolute atomic E-state index is 10.8. The highest BCUT2D eigenvalue weighted by Crippen LogP contribution is 2.20. The number of carboxylic acid groups (broad SMARTS) is 1. The fourth-order valence-corrected chi connectivity index (χ4v) is 1.63. The summed E-state index contributed by atoms with van der Waals surface area (Å²) < 4.78 is 0.